The zero-order valence-corrected chi connectivity index (χ0v) is 8.43. The summed E-state index contributed by atoms with van der Waals surface area (Å²) in [5.41, 5.74) is 0.833. The van der Waals surface area contributed by atoms with Gasteiger partial charge in [0.15, 0.2) is 0 Å². The van der Waals surface area contributed by atoms with Crippen LogP contribution in [0.5, 0.6) is 5.75 Å². The van der Waals surface area contributed by atoms with Crippen LogP contribution in [0.25, 0.3) is 10.9 Å². The minimum atomic E-state index is -0.141. The van der Waals surface area contributed by atoms with Crippen molar-refractivity contribution in [2.75, 3.05) is 7.11 Å². The van der Waals surface area contributed by atoms with Gasteiger partial charge in [0.05, 0.1) is 12.6 Å². The van der Waals surface area contributed by atoms with Crippen LogP contribution in [0.1, 0.15) is 4.79 Å². The van der Waals surface area contributed by atoms with Gasteiger partial charge >= 0.3 is 0 Å². The third-order valence-corrected chi connectivity index (χ3v) is 2.31. The lowest BCUT2D eigenvalue weighted by atomic mass is 10.2. The van der Waals surface area contributed by atoms with Crippen molar-refractivity contribution in [3.8, 4) is 5.75 Å². The van der Waals surface area contributed by atoms with E-state index in [-0.39, 0.29) is 5.91 Å². The molecule has 0 N–H and O–H groups in total. The summed E-state index contributed by atoms with van der Waals surface area (Å²) >= 11 is 0. The van der Waals surface area contributed by atoms with Gasteiger partial charge in [-0.25, -0.2) is 0 Å². The number of benzene rings is 1. The van der Waals surface area contributed by atoms with Crippen LogP contribution in [-0.2, 0) is 0 Å². The van der Waals surface area contributed by atoms with Crippen LogP contribution < -0.4 is 4.74 Å². The molecule has 0 aliphatic heterocycles. The van der Waals surface area contributed by atoms with Crippen LogP contribution >= 0.6 is 0 Å². The number of hydrogen-bond donors (Lipinski definition) is 0. The van der Waals surface area contributed by atoms with Crippen molar-refractivity contribution in [2.24, 2.45) is 0 Å². The standard InChI is InChI=1S/C12H11NO2/c1-3-12(14)13-7-6-9-4-5-10(15-2)8-11(9)13/h3-8H,1H2,2H3. The van der Waals surface area contributed by atoms with Gasteiger partial charge in [0.1, 0.15) is 5.75 Å². The summed E-state index contributed by atoms with van der Waals surface area (Å²) in [5.74, 6) is 0.595. The fourth-order valence-corrected chi connectivity index (χ4v) is 1.53. The van der Waals surface area contributed by atoms with Gasteiger partial charge in [-0.15, -0.1) is 0 Å². The van der Waals surface area contributed by atoms with Gasteiger partial charge in [-0.2, -0.15) is 0 Å². The number of nitrogens with zero attached hydrogens (tertiary/aromatic N) is 1. The van der Waals surface area contributed by atoms with Crippen molar-refractivity contribution < 1.29 is 9.53 Å². The summed E-state index contributed by atoms with van der Waals surface area (Å²) < 4.78 is 6.66. The van der Waals surface area contributed by atoms with Crippen molar-refractivity contribution in [3.05, 3.63) is 43.1 Å². The number of fused-ring (bicyclic) bond motifs is 1. The lowest BCUT2D eigenvalue weighted by molar-refractivity contribution is 0.0974. The van der Waals surface area contributed by atoms with E-state index < -0.39 is 0 Å². The molecule has 1 aromatic heterocycles. The number of ether oxygens (including phenoxy) is 1. The molecule has 0 atom stereocenters. The number of carbonyl (C=O) groups excluding carboxylic acids is 1. The third-order valence-electron chi connectivity index (χ3n) is 2.31. The molecule has 3 nitrogen and oxygen atoms in total. The number of methoxy groups -OCH3 is 1. The van der Waals surface area contributed by atoms with Crippen molar-refractivity contribution in [2.45, 2.75) is 0 Å². The maximum atomic E-state index is 11.5. The highest BCUT2D eigenvalue weighted by molar-refractivity contribution is 5.98. The Morgan fingerprint density at radius 2 is 2.27 bits per heavy atom. The SMILES string of the molecule is C=CC(=O)n1ccc2ccc(OC)cc21. The van der Waals surface area contributed by atoms with E-state index in [0.717, 1.165) is 16.7 Å². The van der Waals surface area contributed by atoms with Gasteiger partial charge in [0.25, 0.3) is 5.91 Å². The molecule has 76 valence electrons. The van der Waals surface area contributed by atoms with Gasteiger partial charge < -0.3 is 4.74 Å². The molecule has 15 heavy (non-hydrogen) atoms. The largest absolute Gasteiger partial charge is 0.497 e. The van der Waals surface area contributed by atoms with Gasteiger partial charge in [-0.3, -0.25) is 9.36 Å². The molecule has 0 bridgehead atoms. The Morgan fingerprint density at radius 3 is 2.93 bits per heavy atom. The van der Waals surface area contributed by atoms with Crippen LogP contribution in [0.15, 0.2) is 43.1 Å². The summed E-state index contributed by atoms with van der Waals surface area (Å²) in [7, 11) is 1.60. The first-order valence-corrected chi connectivity index (χ1v) is 4.58. The zero-order chi connectivity index (χ0) is 10.8. The molecule has 0 spiro atoms. The van der Waals surface area contributed by atoms with Crippen LogP contribution in [0.4, 0.5) is 0 Å². The van der Waals surface area contributed by atoms with Gasteiger partial charge in [-0.1, -0.05) is 6.58 Å². The van der Waals surface area contributed by atoms with Gasteiger partial charge in [-0.05, 0) is 24.3 Å². The molecule has 2 rings (SSSR count). The van der Waals surface area contributed by atoms with Crippen LogP contribution in [-0.4, -0.2) is 17.6 Å². The van der Waals surface area contributed by atoms with Crippen LogP contribution in [0, 0.1) is 0 Å². The molecule has 0 fully saturated rings. The minimum absolute atomic E-state index is 0.141. The lowest BCUT2D eigenvalue weighted by Gasteiger charge is -2.02. The molecule has 3 heteroatoms. The molecule has 0 aliphatic carbocycles. The lowest BCUT2D eigenvalue weighted by Crippen LogP contribution is -2.04. The van der Waals surface area contributed by atoms with E-state index in [2.05, 4.69) is 6.58 Å². The fourth-order valence-electron chi connectivity index (χ4n) is 1.53. The Morgan fingerprint density at radius 1 is 1.47 bits per heavy atom. The van der Waals surface area contributed by atoms with Crippen molar-refractivity contribution in [3.63, 3.8) is 0 Å². The zero-order valence-electron chi connectivity index (χ0n) is 8.43. The number of allylic oxidation sites excluding steroid dienone is 1. The van der Waals surface area contributed by atoms with Gasteiger partial charge in [0.2, 0.25) is 0 Å². The van der Waals surface area contributed by atoms with Gasteiger partial charge in [0, 0.05) is 17.6 Å². The molecular weight excluding hydrogens is 190 g/mol. The summed E-state index contributed by atoms with van der Waals surface area (Å²) in [6.45, 7) is 3.46. The van der Waals surface area contributed by atoms with E-state index in [9.17, 15) is 4.79 Å². The highest BCUT2D eigenvalue weighted by Gasteiger charge is 2.06. The summed E-state index contributed by atoms with van der Waals surface area (Å²) in [4.78, 5) is 11.5. The van der Waals surface area contributed by atoms with E-state index in [1.165, 1.54) is 6.08 Å². The molecular formula is C12H11NO2. The molecule has 0 saturated heterocycles. The van der Waals surface area contributed by atoms with E-state index in [1.807, 2.05) is 24.3 Å². The predicted octanol–water partition coefficient (Wildman–Crippen LogP) is 2.48. The minimum Gasteiger partial charge on any atom is -0.497 e. The Hall–Kier alpha value is -2.03. The molecule has 1 aromatic carbocycles. The Bertz CT molecular complexity index is 525. The summed E-state index contributed by atoms with van der Waals surface area (Å²) in [5, 5.41) is 1.01. The van der Waals surface area contributed by atoms with E-state index in [0.29, 0.717) is 0 Å². The van der Waals surface area contributed by atoms with Crippen molar-refractivity contribution >= 4 is 16.8 Å². The highest BCUT2D eigenvalue weighted by Crippen LogP contribution is 2.21. The topological polar surface area (TPSA) is 31.2 Å². The van der Waals surface area contributed by atoms with Crippen LogP contribution in [0.3, 0.4) is 0 Å². The molecule has 0 aliphatic rings. The second-order valence-electron chi connectivity index (χ2n) is 3.15. The Balaban J connectivity index is 2.66. The highest BCUT2D eigenvalue weighted by atomic mass is 16.5. The first-order valence-electron chi connectivity index (χ1n) is 4.58. The molecule has 2 aromatic rings. The quantitative estimate of drug-likeness (QED) is 0.699. The first kappa shape index (κ1) is 9.52. The average molecular weight is 201 g/mol. The molecule has 0 radical (unpaired) electrons. The monoisotopic (exact) mass is 201 g/mol. The van der Waals surface area contributed by atoms with E-state index >= 15 is 0 Å². The number of hydrogen-bond acceptors (Lipinski definition) is 2. The Kier molecular flexibility index (Phi) is 2.29. The third kappa shape index (κ3) is 1.52. The predicted molar refractivity (Wildman–Crippen MR) is 59.3 cm³/mol. The second kappa shape index (κ2) is 3.61. The summed E-state index contributed by atoms with van der Waals surface area (Å²) in [6, 6.07) is 7.50. The Labute approximate surface area is 87.6 Å². The normalized spacial score (nSPS) is 10.2. The fraction of sp³-hybridized carbons (Fsp3) is 0.0833. The van der Waals surface area contributed by atoms with Crippen LogP contribution in [0.2, 0.25) is 0 Å². The number of rotatable bonds is 2. The number of aromatic nitrogens is 1. The van der Waals surface area contributed by atoms with Crippen molar-refractivity contribution in [1.29, 1.82) is 0 Å². The van der Waals surface area contributed by atoms with Crippen molar-refractivity contribution in [1.82, 2.24) is 4.57 Å². The maximum absolute atomic E-state index is 11.5. The molecule has 1 heterocycles. The smallest absolute Gasteiger partial charge is 0.254 e. The van der Waals surface area contributed by atoms with E-state index in [1.54, 1.807) is 17.9 Å². The maximum Gasteiger partial charge on any atom is 0.254 e. The number of carbonyl (C=O) groups is 1. The molecule has 0 unspecified atom stereocenters. The average Bonchev–Trinajstić information content (AvgIpc) is 2.70. The van der Waals surface area contributed by atoms with E-state index in [4.69, 9.17) is 4.74 Å². The summed E-state index contributed by atoms with van der Waals surface area (Å²) in [6.07, 6.45) is 3.02. The molecule has 0 amide bonds. The molecule has 0 saturated carbocycles. The second-order valence-corrected chi connectivity index (χ2v) is 3.15. The first-order chi connectivity index (χ1) is 7.26.